The molecule has 2 N–H and O–H groups in total. The van der Waals surface area contributed by atoms with Crippen LogP contribution in [0.5, 0.6) is 0 Å². The SMILES string of the molecule is CC(CO)N1CCCN(C(C)C(=O)Nc2cccc(Cl)c2Cl)CC1. The van der Waals surface area contributed by atoms with Crippen molar-refractivity contribution in [3.63, 3.8) is 0 Å². The molecular formula is C17H25Cl2N3O2. The van der Waals surface area contributed by atoms with E-state index in [1.807, 2.05) is 13.8 Å². The van der Waals surface area contributed by atoms with E-state index in [-0.39, 0.29) is 24.6 Å². The topological polar surface area (TPSA) is 55.8 Å². The third kappa shape index (κ3) is 4.83. The van der Waals surface area contributed by atoms with Crippen LogP contribution in [0.15, 0.2) is 18.2 Å². The quantitative estimate of drug-likeness (QED) is 0.832. The lowest BCUT2D eigenvalue weighted by Crippen LogP contribution is -2.44. The van der Waals surface area contributed by atoms with Gasteiger partial charge in [0.1, 0.15) is 0 Å². The first-order valence-electron chi connectivity index (χ1n) is 8.28. The molecule has 0 radical (unpaired) electrons. The van der Waals surface area contributed by atoms with Crippen molar-refractivity contribution in [2.75, 3.05) is 38.1 Å². The summed E-state index contributed by atoms with van der Waals surface area (Å²) in [5, 5.41) is 13.0. The van der Waals surface area contributed by atoms with Gasteiger partial charge in [-0.1, -0.05) is 29.3 Å². The van der Waals surface area contributed by atoms with Gasteiger partial charge >= 0.3 is 0 Å². The number of amides is 1. The number of carbonyl (C=O) groups is 1. The van der Waals surface area contributed by atoms with E-state index in [4.69, 9.17) is 23.2 Å². The van der Waals surface area contributed by atoms with Gasteiger partial charge in [-0.25, -0.2) is 0 Å². The van der Waals surface area contributed by atoms with Gasteiger partial charge in [0, 0.05) is 25.7 Å². The van der Waals surface area contributed by atoms with Gasteiger partial charge in [-0.2, -0.15) is 0 Å². The normalized spacial score (nSPS) is 19.5. The van der Waals surface area contributed by atoms with Crippen LogP contribution < -0.4 is 5.32 Å². The fourth-order valence-electron chi connectivity index (χ4n) is 2.90. The van der Waals surface area contributed by atoms with E-state index >= 15 is 0 Å². The van der Waals surface area contributed by atoms with Gasteiger partial charge in [0.2, 0.25) is 5.91 Å². The van der Waals surface area contributed by atoms with Crippen molar-refractivity contribution in [1.82, 2.24) is 9.80 Å². The number of rotatable bonds is 5. The zero-order valence-corrected chi connectivity index (χ0v) is 15.6. The summed E-state index contributed by atoms with van der Waals surface area (Å²) in [5.41, 5.74) is 0.534. The number of aliphatic hydroxyl groups is 1. The van der Waals surface area contributed by atoms with Crippen LogP contribution in [0.3, 0.4) is 0 Å². The summed E-state index contributed by atoms with van der Waals surface area (Å²) < 4.78 is 0. The van der Waals surface area contributed by atoms with Crippen LogP contribution in [-0.4, -0.2) is 65.7 Å². The Hall–Kier alpha value is -0.850. The van der Waals surface area contributed by atoms with E-state index in [0.717, 1.165) is 32.6 Å². The molecule has 0 aliphatic carbocycles. The molecule has 0 bridgehead atoms. The number of carbonyl (C=O) groups excluding carboxylic acids is 1. The Labute approximate surface area is 153 Å². The van der Waals surface area contributed by atoms with Crippen LogP contribution in [0.4, 0.5) is 5.69 Å². The van der Waals surface area contributed by atoms with Crippen molar-refractivity contribution in [2.24, 2.45) is 0 Å². The fourth-order valence-corrected chi connectivity index (χ4v) is 3.25. The maximum Gasteiger partial charge on any atom is 0.241 e. The van der Waals surface area contributed by atoms with E-state index in [1.165, 1.54) is 0 Å². The van der Waals surface area contributed by atoms with Gasteiger partial charge in [0.25, 0.3) is 0 Å². The van der Waals surface area contributed by atoms with Crippen LogP contribution in [0.2, 0.25) is 10.0 Å². The zero-order valence-electron chi connectivity index (χ0n) is 14.1. The molecule has 1 aromatic rings. The summed E-state index contributed by atoms with van der Waals surface area (Å²) in [4.78, 5) is 17.0. The number of anilines is 1. The monoisotopic (exact) mass is 373 g/mol. The Balaban J connectivity index is 1.96. The molecule has 0 aromatic heterocycles. The van der Waals surface area contributed by atoms with Gasteiger partial charge in [-0.05, 0) is 38.9 Å². The molecule has 0 spiro atoms. The van der Waals surface area contributed by atoms with Gasteiger partial charge in [0.15, 0.2) is 0 Å². The number of nitrogens with zero attached hydrogens (tertiary/aromatic N) is 2. The second kappa shape index (κ2) is 9.02. The Bertz CT molecular complexity index is 571. The maximum atomic E-state index is 12.6. The van der Waals surface area contributed by atoms with Gasteiger partial charge in [0.05, 0.1) is 28.4 Å². The first-order chi connectivity index (χ1) is 11.4. The lowest BCUT2D eigenvalue weighted by Gasteiger charge is -2.28. The second-order valence-electron chi connectivity index (χ2n) is 6.22. The number of aliphatic hydroxyl groups excluding tert-OH is 1. The summed E-state index contributed by atoms with van der Waals surface area (Å²) in [6.07, 6.45) is 0.972. The predicted octanol–water partition coefficient (Wildman–Crippen LogP) is 2.71. The average molecular weight is 374 g/mol. The zero-order chi connectivity index (χ0) is 17.7. The Morgan fingerprint density at radius 1 is 1.21 bits per heavy atom. The van der Waals surface area contributed by atoms with Gasteiger partial charge in [-0.15, -0.1) is 0 Å². The first kappa shape index (κ1) is 19.5. The molecule has 0 saturated carbocycles. The van der Waals surface area contributed by atoms with Crippen LogP contribution in [0.25, 0.3) is 0 Å². The summed E-state index contributed by atoms with van der Waals surface area (Å²) in [6, 6.07) is 5.08. The number of benzene rings is 1. The van der Waals surface area contributed by atoms with E-state index in [2.05, 4.69) is 15.1 Å². The molecule has 2 unspecified atom stereocenters. The molecule has 1 aliphatic heterocycles. The summed E-state index contributed by atoms with van der Waals surface area (Å²) in [6.45, 7) is 7.51. The highest BCUT2D eigenvalue weighted by molar-refractivity contribution is 6.44. The Morgan fingerprint density at radius 3 is 2.58 bits per heavy atom. The minimum Gasteiger partial charge on any atom is -0.395 e. The van der Waals surface area contributed by atoms with E-state index < -0.39 is 0 Å². The molecule has 1 aromatic carbocycles. The molecule has 2 atom stereocenters. The Kier molecular flexibility index (Phi) is 7.32. The average Bonchev–Trinajstić information content (AvgIpc) is 2.83. The molecule has 134 valence electrons. The second-order valence-corrected chi connectivity index (χ2v) is 7.01. The third-order valence-corrected chi connectivity index (χ3v) is 5.41. The van der Waals surface area contributed by atoms with Gasteiger partial charge < -0.3 is 10.4 Å². The number of nitrogens with one attached hydrogen (secondary N) is 1. The molecule has 1 heterocycles. The highest BCUT2D eigenvalue weighted by Gasteiger charge is 2.25. The van der Waals surface area contributed by atoms with Crippen molar-refractivity contribution in [3.8, 4) is 0 Å². The molecule has 1 fully saturated rings. The predicted molar refractivity (Wildman–Crippen MR) is 98.9 cm³/mol. The maximum absolute atomic E-state index is 12.6. The minimum atomic E-state index is -0.260. The van der Waals surface area contributed by atoms with E-state index in [9.17, 15) is 9.90 Å². The number of hydrogen-bond donors (Lipinski definition) is 2. The molecule has 5 nitrogen and oxygen atoms in total. The van der Waals surface area contributed by atoms with Crippen molar-refractivity contribution in [3.05, 3.63) is 28.2 Å². The van der Waals surface area contributed by atoms with Crippen LogP contribution in [0.1, 0.15) is 20.3 Å². The molecule has 24 heavy (non-hydrogen) atoms. The van der Waals surface area contributed by atoms with Crippen LogP contribution in [-0.2, 0) is 4.79 Å². The van der Waals surface area contributed by atoms with Crippen LogP contribution >= 0.6 is 23.2 Å². The third-order valence-electron chi connectivity index (χ3n) is 4.59. The molecule has 7 heteroatoms. The molecule has 1 saturated heterocycles. The summed E-state index contributed by atoms with van der Waals surface area (Å²) in [5.74, 6) is -0.0946. The lowest BCUT2D eigenvalue weighted by atomic mass is 10.2. The highest BCUT2D eigenvalue weighted by atomic mass is 35.5. The lowest BCUT2D eigenvalue weighted by molar-refractivity contribution is -0.120. The van der Waals surface area contributed by atoms with E-state index in [1.54, 1.807) is 18.2 Å². The Morgan fingerprint density at radius 2 is 1.88 bits per heavy atom. The fraction of sp³-hybridized carbons (Fsp3) is 0.588. The summed E-state index contributed by atoms with van der Waals surface area (Å²) in [7, 11) is 0. The van der Waals surface area contributed by atoms with E-state index in [0.29, 0.717) is 15.7 Å². The van der Waals surface area contributed by atoms with Crippen LogP contribution in [0, 0.1) is 0 Å². The first-order valence-corrected chi connectivity index (χ1v) is 9.03. The largest absolute Gasteiger partial charge is 0.395 e. The van der Waals surface area contributed by atoms with Crippen molar-refractivity contribution < 1.29 is 9.90 Å². The molecule has 1 amide bonds. The minimum absolute atomic E-state index is 0.0946. The summed E-state index contributed by atoms with van der Waals surface area (Å²) >= 11 is 12.1. The number of halogens is 2. The molecular weight excluding hydrogens is 349 g/mol. The standard InChI is InChI=1S/C17H25Cl2N3O2/c1-12(11-23)21-7-4-8-22(10-9-21)13(2)17(24)20-15-6-3-5-14(18)16(15)19/h3,5-6,12-13,23H,4,7-11H2,1-2H3,(H,20,24). The van der Waals surface area contributed by atoms with Gasteiger partial charge in [-0.3, -0.25) is 14.6 Å². The smallest absolute Gasteiger partial charge is 0.241 e. The van der Waals surface area contributed by atoms with Crippen molar-refractivity contribution >= 4 is 34.8 Å². The van der Waals surface area contributed by atoms with Crippen molar-refractivity contribution in [1.29, 1.82) is 0 Å². The molecule has 1 aliphatic rings. The number of hydrogen-bond acceptors (Lipinski definition) is 4. The van der Waals surface area contributed by atoms with Crippen molar-refractivity contribution in [2.45, 2.75) is 32.4 Å². The molecule has 2 rings (SSSR count). The highest BCUT2D eigenvalue weighted by Crippen LogP contribution is 2.29.